The van der Waals surface area contributed by atoms with Crippen molar-refractivity contribution in [3.63, 3.8) is 0 Å². The molecule has 0 saturated heterocycles. The van der Waals surface area contributed by atoms with Gasteiger partial charge in [0.05, 0.1) is 49.4 Å². The van der Waals surface area contributed by atoms with Gasteiger partial charge in [0, 0.05) is 16.5 Å². The summed E-state index contributed by atoms with van der Waals surface area (Å²) in [5.41, 5.74) is 5.15. The van der Waals surface area contributed by atoms with Crippen LogP contribution in [-0.2, 0) is 21.5 Å². The average molecular weight is 603 g/mol. The maximum absolute atomic E-state index is 14.0. The highest BCUT2D eigenvalue weighted by atomic mass is 32.2. The molecule has 0 aliphatic carbocycles. The average Bonchev–Trinajstić information content (AvgIpc) is 3.60. The van der Waals surface area contributed by atoms with Gasteiger partial charge in [0.25, 0.3) is 0 Å². The van der Waals surface area contributed by atoms with Crippen molar-refractivity contribution in [3.8, 4) is 17.2 Å². The van der Waals surface area contributed by atoms with Crippen LogP contribution in [0.25, 0.3) is 5.69 Å². The Hall–Kier alpha value is -4.18. The first-order valence-corrected chi connectivity index (χ1v) is 15.2. The first kappa shape index (κ1) is 30.3. The number of methoxy groups -OCH3 is 2. The Morgan fingerprint density at radius 3 is 2.56 bits per heavy atom. The summed E-state index contributed by atoms with van der Waals surface area (Å²) in [6.07, 6.45) is 1.56. The van der Waals surface area contributed by atoms with E-state index < -0.39 is 0 Å². The van der Waals surface area contributed by atoms with Crippen molar-refractivity contribution >= 4 is 29.4 Å². The van der Waals surface area contributed by atoms with Gasteiger partial charge in [-0.05, 0) is 55.8 Å². The molecule has 2 aromatic heterocycles. The normalized spacial score (nSPS) is 15.2. The predicted octanol–water partition coefficient (Wildman–Crippen LogP) is 5.88. The van der Waals surface area contributed by atoms with Crippen LogP contribution in [0.2, 0.25) is 0 Å². The predicted molar refractivity (Wildman–Crippen MR) is 168 cm³/mol. The highest BCUT2D eigenvalue weighted by Crippen LogP contribution is 2.51. The summed E-state index contributed by atoms with van der Waals surface area (Å²) in [4.78, 5) is 28.9. The second kappa shape index (κ2) is 12.2. The molecule has 1 N–H and O–H groups in total. The van der Waals surface area contributed by atoms with Crippen LogP contribution >= 0.6 is 11.8 Å². The molecule has 226 valence electrons. The Bertz CT molecular complexity index is 1640. The number of carbonyl (C=O) groups excluding carboxylic acids is 2. The van der Waals surface area contributed by atoms with Gasteiger partial charge < -0.3 is 19.2 Å². The SMILES string of the molecule is COc1ccc(OC)c(C2SCC(=O)N(CC(=O)NCc3ccco3)c3c2c(C(C)(C)C)nn3-c2ccc(C)cc2C)c1. The quantitative estimate of drug-likeness (QED) is 0.269. The highest BCUT2D eigenvalue weighted by molar-refractivity contribution is 8.00. The van der Waals surface area contributed by atoms with Crippen molar-refractivity contribution in [1.82, 2.24) is 15.1 Å². The third-order valence-electron chi connectivity index (χ3n) is 7.44. The van der Waals surface area contributed by atoms with Gasteiger partial charge in [0.15, 0.2) is 0 Å². The molecule has 2 aromatic carbocycles. The maximum Gasteiger partial charge on any atom is 0.240 e. The van der Waals surface area contributed by atoms with Crippen LogP contribution in [0, 0.1) is 13.8 Å². The monoisotopic (exact) mass is 602 g/mol. The van der Waals surface area contributed by atoms with Crippen LogP contribution in [0.3, 0.4) is 0 Å². The van der Waals surface area contributed by atoms with Gasteiger partial charge in [-0.25, -0.2) is 4.68 Å². The first-order chi connectivity index (χ1) is 20.5. The van der Waals surface area contributed by atoms with Gasteiger partial charge in [-0.3, -0.25) is 14.5 Å². The third kappa shape index (κ3) is 6.15. The molecule has 0 spiro atoms. The number of ether oxygens (including phenoxy) is 2. The Morgan fingerprint density at radius 2 is 1.91 bits per heavy atom. The van der Waals surface area contributed by atoms with Crippen molar-refractivity contribution in [3.05, 3.63) is 88.5 Å². The number of hydrogen-bond donors (Lipinski definition) is 1. The standard InChI is InChI=1S/C33H38N4O5S/c1-20-10-12-25(21(2)15-20)37-32-29(31(35-37)33(3,4)5)30(24-16-22(40-6)11-13-26(24)41-7)43-19-28(39)36(32)18-27(38)34-17-23-9-8-14-42-23/h8-16,30H,17-19H2,1-7H3,(H,34,38). The van der Waals surface area contributed by atoms with Gasteiger partial charge in [-0.15, -0.1) is 11.8 Å². The fourth-order valence-electron chi connectivity index (χ4n) is 5.37. The van der Waals surface area contributed by atoms with Crippen molar-refractivity contribution in [2.24, 2.45) is 0 Å². The largest absolute Gasteiger partial charge is 0.497 e. The molecule has 4 aromatic rings. The summed E-state index contributed by atoms with van der Waals surface area (Å²) in [6.45, 7) is 10.5. The van der Waals surface area contributed by atoms with Crippen LogP contribution in [0.15, 0.2) is 59.2 Å². The fraction of sp³-hybridized carbons (Fsp3) is 0.364. The zero-order valence-corrected chi connectivity index (χ0v) is 26.5. The topological polar surface area (TPSA) is 98.8 Å². The van der Waals surface area contributed by atoms with E-state index in [1.54, 1.807) is 37.5 Å². The van der Waals surface area contributed by atoms with E-state index in [-0.39, 0.29) is 41.3 Å². The minimum atomic E-state index is -0.389. The maximum atomic E-state index is 14.0. The molecule has 5 rings (SSSR count). The minimum absolute atomic E-state index is 0.154. The Balaban J connectivity index is 1.74. The number of hydrogen-bond acceptors (Lipinski definition) is 7. The number of carbonyl (C=O) groups is 2. The molecule has 1 unspecified atom stereocenters. The molecule has 1 aliphatic heterocycles. The molecule has 3 heterocycles. The van der Waals surface area contributed by atoms with Crippen molar-refractivity contribution < 1.29 is 23.5 Å². The summed E-state index contributed by atoms with van der Waals surface area (Å²) < 4.78 is 18.6. The van der Waals surface area contributed by atoms with E-state index in [0.29, 0.717) is 23.1 Å². The third-order valence-corrected chi connectivity index (χ3v) is 8.68. The van der Waals surface area contributed by atoms with Crippen LogP contribution in [0.4, 0.5) is 5.82 Å². The number of fused-ring (bicyclic) bond motifs is 1. The summed E-state index contributed by atoms with van der Waals surface area (Å²) >= 11 is 1.50. The molecule has 2 amide bonds. The molecule has 1 atom stereocenters. The van der Waals surface area contributed by atoms with Crippen LogP contribution in [-0.4, -0.2) is 48.1 Å². The molecular formula is C33H38N4O5S. The fourth-order valence-corrected chi connectivity index (χ4v) is 6.58. The number of benzene rings is 2. The molecule has 43 heavy (non-hydrogen) atoms. The van der Waals surface area contributed by atoms with Crippen LogP contribution < -0.4 is 19.7 Å². The summed E-state index contributed by atoms with van der Waals surface area (Å²) in [5, 5.41) is 7.78. The number of anilines is 1. The molecule has 10 heteroatoms. The minimum Gasteiger partial charge on any atom is -0.497 e. The van der Waals surface area contributed by atoms with Crippen molar-refractivity contribution in [1.29, 1.82) is 0 Å². The zero-order valence-electron chi connectivity index (χ0n) is 25.7. The number of furan rings is 1. The van der Waals surface area contributed by atoms with Gasteiger partial charge >= 0.3 is 0 Å². The van der Waals surface area contributed by atoms with Crippen LogP contribution in [0.1, 0.15) is 59.7 Å². The number of nitrogens with one attached hydrogen (secondary N) is 1. The Kier molecular flexibility index (Phi) is 8.59. The van der Waals surface area contributed by atoms with Gasteiger partial charge in [0.1, 0.15) is 29.6 Å². The summed E-state index contributed by atoms with van der Waals surface area (Å²) in [7, 11) is 3.26. The molecule has 0 bridgehead atoms. The van der Waals surface area contributed by atoms with E-state index in [1.165, 1.54) is 11.8 Å². The molecule has 0 fully saturated rings. The number of amides is 2. The first-order valence-electron chi connectivity index (χ1n) is 14.2. The lowest BCUT2D eigenvalue weighted by molar-refractivity contribution is -0.123. The molecule has 9 nitrogen and oxygen atoms in total. The molecule has 0 saturated carbocycles. The van der Waals surface area contributed by atoms with Crippen LogP contribution in [0.5, 0.6) is 11.5 Å². The molecule has 0 radical (unpaired) electrons. The Labute approximate surface area is 256 Å². The zero-order chi connectivity index (χ0) is 30.9. The second-order valence-electron chi connectivity index (χ2n) is 11.7. The summed E-state index contributed by atoms with van der Waals surface area (Å²) in [6, 6.07) is 15.4. The van der Waals surface area contributed by atoms with E-state index in [9.17, 15) is 9.59 Å². The van der Waals surface area contributed by atoms with E-state index in [1.807, 2.05) is 48.9 Å². The lowest BCUT2D eigenvalue weighted by atomic mass is 9.87. The number of aryl methyl sites for hydroxylation is 2. The van der Waals surface area contributed by atoms with E-state index in [0.717, 1.165) is 33.6 Å². The molecular weight excluding hydrogens is 564 g/mol. The lowest BCUT2D eigenvalue weighted by Gasteiger charge is -2.25. The smallest absolute Gasteiger partial charge is 0.240 e. The van der Waals surface area contributed by atoms with E-state index >= 15 is 0 Å². The van der Waals surface area contributed by atoms with Crippen molar-refractivity contribution in [2.75, 3.05) is 31.4 Å². The van der Waals surface area contributed by atoms with Gasteiger partial charge in [-0.2, -0.15) is 5.10 Å². The molecule has 1 aliphatic rings. The summed E-state index contributed by atoms with van der Waals surface area (Å²) in [5.74, 6) is 2.24. The van der Waals surface area contributed by atoms with Gasteiger partial charge in [0.2, 0.25) is 11.8 Å². The number of aromatic nitrogens is 2. The Morgan fingerprint density at radius 1 is 1.12 bits per heavy atom. The van der Waals surface area contributed by atoms with E-state index in [4.69, 9.17) is 19.0 Å². The van der Waals surface area contributed by atoms with Gasteiger partial charge in [-0.1, -0.05) is 38.5 Å². The number of nitrogens with zero attached hydrogens (tertiary/aromatic N) is 3. The second-order valence-corrected chi connectivity index (χ2v) is 12.8. The highest BCUT2D eigenvalue weighted by Gasteiger charge is 2.41. The van der Waals surface area contributed by atoms with E-state index in [2.05, 4.69) is 32.2 Å². The van der Waals surface area contributed by atoms with Crippen molar-refractivity contribution in [2.45, 2.75) is 51.8 Å². The number of rotatable bonds is 8. The lowest BCUT2D eigenvalue weighted by Crippen LogP contribution is -2.42. The number of thioether (sulfide) groups is 1.